The summed E-state index contributed by atoms with van der Waals surface area (Å²) >= 11 is 0. The maximum Gasteiger partial charge on any atom is 0.221 e. The fraction of sp³-hybridized carbons (Fsp3) is 1.00. The first-order chi connectivity index (χ1) is 4.58. The second-order valence-electron chi connectivity index (χ2n) is 2.56. The molecule has 1 fully saturated rings. The number of hydrogen-bond acceptors (Lipinski definition) is 3. The van der Waals surface area contributed by atoms with Gasteiger partial charge in [-0.2, -0.15) is 0 Å². The summed E-state index contributed by atoms with van der Waals surface area (Å²) in [6, 6.07) is 0. The van der Waals surface area contributed by atoms with Crippen molar-refractivity contribution in [2.45, 2.75) is 12.8 Å². The third-order valence-corrected chi connectivity index (χ3v) is 1.99. The third kappa shape index (κ3) is 2.64. The van der Waals surface area contributed by atoms with E-state index < -0.39 is 10.0 Å². The van der Waals surface area contributed by atoms with Gasteiger partial charge in [0.25, 0.3) is 0 Å². The fourth-order valence-electron chi connectivity index (χ4n) is 1.04. The molecule has 0 aromatic carbocycles. The molecular formula is C5H12N2O2S. The van der Waals surface area contributed by atoms with Crippen molar-refractivity contribution in [1.82, 2.24) is 9.84 Å². The zero-order valence-corrected chi connectivity index (χ0v) is 6.82. The Morgan fingerprint density at radius 2 is 1.80 bits per heavy atom. The minimum absolute atomic E-state index is 0.840. The number of hydrogen-bond donors (Lipinski definition) is 1. The highest BCUT2D eigenvalue weighted by Crippen LogP contribution is 2.03. The number of hydrazine groups is 1. The lowest BCUT2D eigenvalue weighted by molar-refractivity contribution is 0.301. The molecule has 0 unspecified atom stereocenters. The number of nitrogens with zero attached hydrogens (tertiary/aromatic N) is 1. The van der Waals surface area contributed by atoms with E-state index in [4.69, 9.17) is 0 Å². The first kappa shape index (κ1) is 7.97. The molecule has 1 N–H and O–H groups in total. The van der Waals surface area contributed by atoms with E-state index in [1.807, 2.05) is 0 Å². The molecule has 1 saturated heterocycles. The summed E-state index contributed by atoms with van der Waals surface area (Å²) in [5.74, 6) is 0. The van der Waals surface area contributed by atoms with Gasteiger partial charge in [-0.1, -0.05) is 0 Å². The minimum Gasteiger partial charge on any atom is -0.231 e. The average molecular weight is 164 g/mol. The van der Waals surface area contributed by atoms with Crippen LogP contribution < -0.4 is 4.83 Å². The van der Waals surface area contributed by atoms with Crippen LogP contribution in [0.2, 0.25) is 0 Å². The largest absolute Gasteiger partial charge is 0.231 e. The fourth-order valence-corrected chi connectivity index (χ4v) is 1.69. The van der Waals surface area contributed by atoms with Gasteiger partial charge in [0, 0.05) is 13.1 Å². The predicted octanol–water partition coefficient (Wildman–Crippen LogP) is -0.454. The Morgan fingerprint density at radius 3 is 2.20 bits per heavy atom. The van der Waals surface area contributed by atoms with Gasteiger partial charge < -0.3 is 0 Å². The summed E-state index contributed by atoms with van der Waals surface area (Å²) < 4.78 is 21.3. The molecule has 10 heavy (non-hydrogen) atoms. The van der Waals surface area contributed by atoms with Crippen molar-refractivity contribution in [1.29, 1.82) is 0 Å². The molecule has 0 spiro atoms. The van der Waals surface area contributed by atoms with Gasteiger partial charge >= 0.3 is 0 Å². The Bertz CT molecular complexity index is 194. The highest BCUT2D eigenvalue weighted by atomic mass is 32.2. The third-order valence-electron chi connectivity index (χ3n) is 1.40. The molecule has 0 amide bonds. The van der Waals surface area contributed by atoms with Crippen molar-refractivity contribution in [2.24, 2.45) is 0 Å². The van der Waals surface area contributed by atoms with Crippen LogP contribution in [0.5, 0.6) is 0 Å². The van der Waals surface area contributed by atoms with Gasteiger partial charge in [-0.15, -0.1) is 4.83 Å². The Hall–Kier alpha value is -0.130. The van der Waals surface area contributed by atoms with E-state index in [0.717, 1.165) is 25.9 Å². The predicted molar refractivity (Wildman–Crippen MR) is 38.8 cm³/mol. The summed E-state index contributed by atoms with van der Waals surface area (Å²) in [5.41, 5.74) is 0. The summed E-state index contributed by atoms with van der Waals surface area (Å²) in [5, 5.41) is 1.73. The number of sulfonamides is 1. The van der Waals surface area contributed by atoms with Crippen molar-refractivity contribution in [3.8, 4) is 0 Å². The maximum absolute atomic E-state index is 10.6. The van der Waals surface area contributed by atoms with Crippen LogP contribution >= 0.6 is 0 Å². The van der Waals surface area contributed by atoms with Crippen molar-refractivity contribution >= 4 is 10.0 Å². The molecule has 0 saturated carbocycles. The Labute approximate surface area is 61.2 Å². The molecule has 0 radical (unpaired) electrons. The van der Waals surface area contributed by atoms with Gasteiger partial charge in [0.15, 0.2) is 0 Å². The van der Waals surface area contributed by atoms with Crippen molar-refractivity contribution < 1.29 is 8.42 Å². The van der Waals surface area contributed by atoms with E-state index in [-0.39, 0.29) is 0 Å². The van der Waals surface area contributed by atoms with Crippen LogP contribution in [-0.4, -0.2) is 32.8 Å². The molecule has 1 rings (SSSR count). The molecule has 1 aliphatic rings. The van der Waals surface area contributed by atoms with Crippen molar-refractivity contribution in [3.05, 3.63) is 0 Å². The molecule has 0 atom stereocenters. The maximum atomic E-state index is 10.6. The van der Waals surface area contributed by atoms with Gasteiger partial charge in [0.2, 0.25) is 10.0 Å². The molecule has 4 nitrogen and oxygen atoms in total. The first-order valence-electron chi connectivity index (χ1n) is 3.30. The monoisotopic (exact) mass is 164 g/mol. The normalized spacial score (nSPS) is 21.7. The van der Waals surface area contributed by atoms with Crippen LogP contribution in [0.15, 0.2) is 0 Å². The van der Waals surface area contributed by atoms with Crippen molar-refractivity contribution in [2.75, 3.05) is 19.3 Å². The Balaban J connectivity index is 2.38. The summed E-state index contributed by atoms with van der Waals surface area (Å²) in [4.78, 5) is 2.42. The van der Waals surface area contributed by atoms with Gasteiger partial charge in [0.1, 0.15) is 0 Å². The molecule has 60 valence electrons. The van der Waals surface area contributed by atoms with Crippen LogP contribution in [0.25, 0.3) is 0 Å². The Kier molecular flexibility index (Phi) is 2.28. The number of nitrogens with one attached hydrogen (secondary N) is 1. The van der Waals surface area contributed by atoms with E-state index in [2.05, 4.69) is 4.83 Å². The molecule has 0 aromatic rings. The summed E-state index contributed by atoms with van der Waals surface area (Å²) in [6.07, 6.45) is 3.34. The second-order valence-corrected chi connectivity index (χ2v) is 4.28. The SMILES string of the molecule is CS(=O)(=O)NN1CCCC1. The minimum atomic E-state index is -3.03. The highest BCUT2D eigenvalue weighted by molar-refractivity contribution is 7.88. The van der Waals surface area contributed by atoms with Crippen molar-refractivity contribution in [3.63, 3.8) is 0 Å². The second kappa shape index (κ2) is 2.86. The van der Waals surface area contributed by atoms with Crippen LogP contribution in [0.3, 0.4) is 0 Å². The lowest BCUT2D eigenvalue weighted by atomic mass is 10.4. The van der Waals surface area contributed by atoms with Gasteiger partial charge in [-0.05, 0) is 12.8 Å². The first-order valence-corrected chi connectivity index (χ1v) is 5.19. The van der Waals surface area contributed by atoms with Crippen LogP contribution in [-0.2, 0) is 10.0 Å². The van der Waals surface area contributed by atoms with E-state index >= 15 is 0 Å². The zero-order chi connectivity index (χ0) is 7.61. The topological polar surface area (TPSA) is 49.4 Å². The molecule has 5 heteroatoms. The molecule has 0 aromatic heterocycles. The van der Waals surface area contributed by atoms with Crippen LogP contribution in [0.1, 0.15) is 12.8 Å². The molecular weight excluding hydrogens is 152 g/mol. The summed E-state index contributed by atoms with van der Waals surface area (Å²) in [6.45, 7) is 1.68. The standard InChI is InChI=1S/C5H12N2O2S/c1-10(8,9)6-7-4-2-3-5-7/h6H,2-5H2,1H3. The van der Waals surface area contributed by atoms with Crippen LogP contribution in [0.4, 0.5) is 0 Å². The highest BCUT2D eigenvalue weighted by Gasteiger charge is 2.14. The van der Waals surface area contributed by atoms with E-state index in [1.165, 1.54) is 6.26 Å². The van der Waals surface area contributed by atoms with Crippen LogP contribution in [0, 0.1) is 0 Å². The quantitative estimate of drug-likeness (QED) is 0.601. The van der Waals surface area contributed by atoms with E-state index in [1.54, 1.807) is 5.01 Å². The van der Waals surface area contributed by atoms with Gasteiger partial charge in [-0.25, -0.2) is 13.4 Å². The van der Waals surface area contributed by atoms with E-state index in [9.17, 15) is 8.42 Å². The number of rotatable bonds is 2. The molecule has 1 aliphatic heterocycles. The Morgan fingerprint density at radius 1 is 1.30 bits per heavy atom. The lowest BCUT2D eigenvalue weighted by Gasteiger charge is -2.13. The van der Waals surface area contributed by atoms with Gasteiger partial charge in [0.05, 0.1) is 6.26 Å². The summed E-state index contributed by atoms with van der Waals surface area (Å²) in [7, 11) is -3.03. The van der Waals surface area contributed by atoms with Gasteiger partial charge in [-0.3, -0.25) is 0 Å². The molecule has 1 heterocycles. The average Bonchev–Trinajstić information content (AvgIpc) is 2.12. The zero-order valence-electron chi connectivity index (χ0n) is 6.00. The molecule has 0 aliphatic carbocycles. The molecule has 0 bridgehead atoms. The smallest absolute Gasteiger partial charge is 0.221 e. The lowest BCUT2D eigenvalue weighted by Crippen LogP contribution is -2.39. The van der Waals surface area contributed by atoms with E-state index in [0.29, 0.717) is 0 Å².